The molecule has 10 heteroatoms. The van der Waals surface area contributed by atoms with Crippen molar-refractivity contribution in [2.75, 3.05) is 7.11 Å². The van der Waals surface area contributed by atoms with Crippen LogP contribution in [0, 0.1) is 0 Å². The number of fused-ring (bicyclic) bond motifs is 1. The molecular weight excluding hydrogens is 481 g/mol. The fourth-order valence-corrected chi connectivity index (χ4v) is 3.32. The van der Waals surface area contributed by atoms with Gasteiger partial charge in [0.15, 0.2) is 0 Å². The average molecular weight is 498 g/mol. The molecule has 0 aliphatic heterocycles. The van der Waals surface area contributed by atoms with Crippen LogP contribution < -0.4 is 14.9 Å². The molecule has 0 aliphatic rings. The lowest BCUT2D eigenvalue weighted by Gasteiger charge is -2.14. The van der Waals surface area contributed by atoms with Crippen molar-refractivity contribution in [2.45, 2.75) is 12.6 Å². The van der Waals surface area contributed by atoms with E-state index in [0.717, 1.165) is 6.07 Å². The maximum absolute atomic E-state index is 13.8. The molecule has 36 heavy (non-hydrogen) atoms. The highest BCUT2D eigenvalue weighted by Gasteiger charge is 2.40. The molecule has 3 aromatic carbocycles. The minimum Gasteiger partial charge on any atom is -0.465 e. The lowest BCUT2D eigenvalue weighted by Crippen LogP contribution is -2.16. The Morgan fingerprint density at radius 1 is 0.917 bits per heavy atom. The Morgan fingerprint density at radius 2 is 1.58 bits per heavy atom. The Kier molecular flexibility index (Phi) is 6.77. The molecular formula is C26H17F3O7. The first-order chi connectivity index (χ1) is 17.2. The molecule has 0 amide bonds. The normalized spacial score (nSPS) is 11.2. The van der Waals surface area contributed by atoms with E-state index >= 15 is 0 Å². The van der Waals surface area contributed by atoms with Crippen molar-refractivity contribution in [3.8, 4) is 17.2 Å². The molecule has 1 heterocycles. The standard InChI is InChI=1S/C26H17F3O7/c1-33-25(32)16-7-9-17(10-8-16)35-23-22(31)19-12-11-18(14-20(19)36-24(23)26(27,28)29)34-21(30)13-15-5-3-2-4-6-15/h2-12,14H,13H2,1H3. The van der Waals surface area contributed by atoms with Crippen molar-refractivity contribution >= 4 is 22.9 Å². The highest BCUT2D eigenvalue weighted by atomic mass is 19.4. The van der Waals surface area contributed by atoms with Gasteiger partial charge >= 0.3 is 18.1 Å². The number of hydrogen-bond acceptors (Lipinski definition) is 7. The first kappa shape index (κ1) is 24.5. The second kappa shape index (κ2) is 9.95. The summed E-state index contributed by atoms with van der Waals surface area (Å²) in [5.41, 5.74) is -0.690. The van der Waals surface area contributed by atoms with Crippen molar-refractivity contribution in [1.29, 1.82) is 0 Å². The first-order valence-corrected chi connectivity index (χ1v) is 10.4. The molecule has 184 valence electrons. The number of methoxy groups -OCH3 is 1. The van der Waals surface area contributed by atoms with Crippen LogP contribution in [-0.4, -0.2) is 19.0 Å². The maximum Gasteiger partial charge on any atom is 0.453 e. The van der Waals surface area contributed by atoms with Crippen molar-refractivity contribution in [3.05, 3.63) is 99.9 Å². The van der Waals surface area contributed by atoms with E-state index in [0.29, 0.717) is 5.56 Å². The molecule has 0 aliphatic carbocycles. The molecule has 1 aromatic heterocycles. The number of alkyl halides is 3. The highest BCUT2D eigenvalue weighted by Crippen LogP contribution is 2.38. The summed E-state index contributed by atoms with van der Waals surface area (Å²) in [6.45, 7) is 0. The SMILES string of the molecule is COC(=O)c1ccc(Oc2c(C(F)(F)F)oc3cc(OC(=O)Cc4ccccc4)ccc3c2=O)cc1. The van der Waals surface area contributed by atoms with Gasteiger partial charge in [-0.15, -0.1) is 0 Å². The monoisotopic (exact) mass is 498 g/mol. The van der Waals surface area contributed by atoms with Gasteiger partial charge in [-0.3, -0.25) is 9.59 Å². The molecule has 0 N–H and O–H groups in total. The highest BCUT2D eigenvalue weighted by molar-refractivity contribution is 5.89. The molecule has 4 aromatic rings. The molecule has 0 saturated heterocycles. The molecule has 0 unspecified atom stereocenters. The van der Waals surface area contributed by atoms with Crippen LogP contribution in [0.1, 0.15) is 21.7 Å². The van der Waals surface area contributed by atoms with Gasteiger partial charge in [0.25, 0.3) is 5.76 Å². The van der Waals surface area contributed by atoms with E-state index in [9.17, 15) is 27.6 Å². The molecule has 0 bridgehead atoms. The summed E-state index contributed by atoms with van der Waals surface area (Å²) in [6, 6.07) is 17.2. The number of halogens is 3. The first-order valence-electron chi connectivity index (χ1n) is 10.4. The Labute approximate surface area is 201 Å². The smallest absolute Gasteiger partial charge is 0.453 e. The van der Waals surface area contributed by atoms with Crippen molar-refractivity contribution in [1.82, 2.24) is 0 Å². The van der Waals surface area contributed by atoms with Gasteiger partial charge in [-0.2, -0.15) is 13.2 Å². The zero-order chi connectivity index (χ0) is 25.9. The van der Waals surface area contributed by atoms with Crippen LogP contribution in [0.4, 0.5) is 13.2 Å². The molecule has 7 nitrogen and oxygen atoms in total. The Hall–Kier alpha value is -4.60. The summed E-state index contributed by atoms with van der Waals surface area (Å²) < 4.78 is 61.3. The second-order valence-electron chi connectivity index (χ2n) is 7.50. The van der Waals surface area contributed by atoms with Gasteiger partial charge in [-0.1, -0.05) is 30.3 Å². The third-order valence-electron chi connectivity index (χ3n) is 5.00. The van der Waals surface area contributed by atoms with E-state index in [4.69, 9.17) is 13.9 Å². The van der Waals surface area contributed by atoms with Crippen LogP contribution in [0.25, 0.3) is 11.0 Å². The quantitative estimate of drug-likeness (QED) is 0.255. The third-order valence-corrected chi connectivity index (χ3v) is 5.00. The topological polar surface area (TPSA) is 92.0 Å². The predicted octanol–water partition coefficient (Wildman–Crippen LogP) is 5.54. The van der Waals surface area contributed by atoms with E-state index in [1.54, 1.807) is 30.3 Å². The minimum atomic E-state index is -5.07. The molecule has 0 radical (unpaired) electrons. The molecule has 0 spiro atoms. The number of ether oxygens (including phenoxy) is 3. The van der Waals surface area contributed by atoms with Gasteiger partial charge in [0.2, 0.25) is 11.2 Å². The number of carbonyl (C=O) groups is 2. The van der Waals surface area contributed by atoms with Crippen molar-refractivity contribution < 1.29 is 41.4 Å². The van der Waals surface area contributed by atoms with Crippen molar-refractivity contribution in [2.24, 2.45) is 0 Å². The lowest BCUT2D eigenvalue weighted by atomic mass is 10.1. The van der Waals surface area contributed by atoms with Crippen LogP contribution >= 0.6 is 0 Å². The largest absolute Gasteiger partial charge is 0.465 e. The Morgan fingerprint density at radius 3 is 2.22 bits per heavy atom. The number of hydrogen-bond donors (Lipinski definition) is 0. The molecule has 0 fully saturated rings. The summed E-state index contributed by atoms with van der Waals surface area (Å²) in [5.74, 6) is -4.25. The zero-order valence-electron chi connectivity index (χ0n) is 18.6. The molecule has 4 rings (SSSR count). The van der Waals surface area contributed by atoms with Gasteiger partial charge in [0.05, 0.1) is 24.5 Å². The van der Waals surface area contributed by atoms with E-state index in [-0.39, 0.29) is 28.9 Å². The summed E-state index contributed by atoms with van der Waals surface area (Å²) >= 11 is 0. The van der Waals surface area contributed by atoms with E-state index < -0.39 is 40.6 Å². The van der Waals surface area contributed by atoms with Gasteiger partial charge in [0, 0.05) is 6.07 Å². The van der Waals surface area contributed by atoms with Crippen LogP contribution in [0.2, 0.25) is 0 Å². The summed E-state index contributed by atoms with van der Waals surface area (Å²) in [5, 5.41) is -0.216. The number of benzene rings is 3. The van der Waals surface area contributed by atoms with Crippen LogP contribution in [0.15, 0.2) is 82.0 Å². The fourth-order valence-electron chi connectivity index (χ4n) is 3.32. The Balaban J connectivity index is 1.67. The van der Waals surface area contributed by atoms with Gasteiger partial charge in [-0.05, 0) is 42.0 Å². The van der Waals surface area contributed by atoms with Gasteiger partial charge in [-0.25, -0.2) is 4.79 Å². The Bertz CT molecular complexity index is 1470. The number of carbonyl (C=O) groups excluding carboxylic acids is 2. The van der Waals surface area contributed by atoms with Crippen LogP contribution in [0.3, 0.4) is 0 Å². The zero-order valence-corrected chi connectivity index (χ0v) is 18.6. The average Bonchev–Trinajstić information content (AvgIpc) is 2.85. The van der Waals surface area contributed by atoms with Crippen LogP contribution in [0.5, 0.6) is 17.2 Å². The van der Waals surface area contributed by atoms with E-state index in [2.05, 4.69) is 4.74 Å². The number of rotatable bonds is 6. The van der Waals surface area contributed by atoms with Crippen molar-refractivity contribution in [3.63, 3.8) is 0 Å². The number of esters is 2. The van der Waals surface area contributed by atoms with E-state index in [1.807, 2.05) is 0 Å². The fraction of sp³-hybridized carbons (Fsp3) is 0.115. The maximum atomic E-state index is 13.8. The van der Waals surface area contributed by atoms with Crippen LogP contribution in [-0.2, 0) is 22.1 Å². The third kappa shape index (κ3) is 5.38. The molecule has 0 atom stereocenters. The molecule has 0 saturated carbocycles. The van der Waals surface area contributed by atoms with Gasteiger partial charge < -0.3 is 18.6 Å². The van der Waals surface area contributed by atoms with E-state index in [1.165, 1.54) is 43.5 Å². The lowest BCUT2D eigenvalue weighted by molar-refractivity contribution is -0.154. The minimum absolute atomic E-state index is 0.0574. The summed E-state index contributed by atoms with van der Waals surface area (Å²) in [4.78, 5) is 36.7. The summed E-state index contributed by atoms with van der Waals surface area (Å²) in [6.07, 6.45) is -5.13. The predicted molar refractivity (Wildman–Crippen MR) is 121 cm³/mol. The second-order valence-corrected chi connectivity index (χ2v) is 7.50. The van der Waals surface area contributed by atoms with Gasteiger partial charge in [0.1, 0.15) is 17.1 Å². The summed E-state index contributed by atoms with van der Waals surface area (Å²) in [7, 11) is 1.18.